The lowest BCUT2D eigenvalue weighted by Gasteiger charge is -2.33. The Morgan fingerprint density at radius 2 is 1.61 bits per heavy atom. The molecule has 8 heteroatoms. The summed E-state index contributed by atoms with van der Waals surface area (Å²) >= 11 is 0. The van der Waals surface area contributed by atoms with Crippen molar-refractivity contribution in [1.29, 1.82) is 0 Å². The molecule has 1 aromatic rings. The van der Waals surface area contributed by atoms with Crippen molar-refractivity contribution in [2.45, 2.75) is 32.1 Å². The molecule has 1 aliphatic carbocycles. The Labute approximate surface area is 168 Å². The van der Waals surface area contributed by atoms with Gasteiger partial charge >= 0.3 is 0 Å². The van der Waals surface area contributed by atoms with E-state index in [4.69, 9.17) is 0 Å². The van der Waals surface area contributed by atoms with Gasteiger partial charge in [0.25, 0.3) is 0 Å². The quantitative estimate of drug-likeness (QED) is 0.769. The van der Waals surface area contributed by atoms with E-state index in [9.17, 15) is 22.8 Å². The zero-order chi connectivity index (χ0) is 19.2. The average Bonchev–Trinajstić information content (AvgIpc) is 3.33. The van der Waals surface area contributed by atoms with Gasteiger partial charge < -0.3 is 10.2 Å². The molecule has 2 aliphatic heterocycles. The Balaban J connectivity index is 0.00000225. The predicted molar refractivity (Wildman–Crippen MR) is 99.8 cm³/mol. The smallest absolute Gasteiger partial charge is 0.226 e. The molecule has 1 atom stereocenters. The van der Waals surface area contributed by atoms with Gasteiger partial charge in [0.2, 0.25) is 5.91 Å². The topological polar surface area (TPSA) is 49.4 Å². The SMILES string of the molecule is Cl.O=C(c1c(F)cc(F)cc1F)C1CCN(C(=O)C2CC23CCNCC3)CC1. The molecule has 1 unspecified atom stereocenters. The number of carbonyl (C=O) groups excluding carboxylic acids is 2. The fraction of sp³-hybridized carbons (Fsp3) is 0.600. The number of carbonyl (C=O) groups is 2. The number of ketones is 1. The molecule has 28 heavy (non-hydrogen) atoms. The third-order valence-electron chi connectivity index (χ3n) is 6.52. The maximum absolute atomic E-state index is 13.9. The van der Waals surface area contributed by atoms with Gasteiger partial charge in [-0.05, 0) is 50.6 Å². The van der Waals surface area contributed by atoms with Crippen LogP contribution in [-0.2, 0) is 4.79 Å². The fourth-order valence-corrected chi connectivity index (χ4v) is 4.74. The minimum atomic E-state index is -1.16. The highest BCUT2D eigenvalue weighted by atomic mass is 35.5. The number of nitrogens with one attached hydrogen (secondary N) is 1. The maximum Gasteiger partial charge on any atom is 0.226 e. The van der Waals surface area contributed by atoms with Crippen molar-refractivity contribution in [1.82, 2.24) is 10.2 Å². The number of Topliss-reactive ketones (excluding diaryl/α,β-unsaturated/α-hetero) is 1. The molecule has 2 saturated heterocycles. The largest absolute Gasteiger partial charge is 0.342 e. The van der Waals surface area contributed by atoms with Crippen molar-refractivity contribution in [3.05, 3.63) is 35.1 Å². The van der Waals surface area contributed by atoms with Crippen molar-refractivity contribution in [3.63, 3.8) is 0 Å². The van der Waals surface area contributed by atoms with E-state index in [1.165, 1.54) is 0 Å². The monoisotopic (exact) mass is 416 g/mol. The summed E-state index contributed by atoms with van der Waals surface area (Å²) in [7, 11) is 0. The number of amides is 1. The molecule has 3 fully saturated rings. The highest BCUT2D eigenvalue weighted by Crippen LogP contribution is 2.59. The number of halogens is 4. The number of hydrogen-bond donors (Lipinski definition) is 1. The van der Waals surface area contributed by atoms with E-state index in [0.717, 1.165) is 32.4 Å². The summed E-state index contributed by atoms with van der Waals surface area (Å²) in [6, 6.07) is 1.06. The van der Waals surface area contributed by atoms with Crippen LogP contribution in [0.4, 0.5) is 13.2 Å². The van der Waals surface area contributed by atoms with Crippen LogP contribution in [0.2, 0.25) is 0 Å². The molecule has 1 amide bonds. The van der Waals surface area contributed by atoms with Crippen molar-refractivity contribution in [2.24, 2.45) is 17.3 Å². The van der Waals surface area contributed by atoms with Crippen LogP contribution in [0.15, 0.2) is 12.1 Å². The summed E-state index contributed by atoms with van der Waals surface area (Å²) in [5.41, 5.74) is -0.507. The molecule has 2 heterocycles. The van der Waals surface area contributed by atoms with Gasteiger partial charge in [0.05, 0.1) is 5.56 Å². The van der Waals surface area contributed by atoms with Gasteiger partial charge in [0.1, 0.15) is 17.5 Å². The minimum absolute atomic E-state index is 0. The molecule has 0 radical (unpaired) electrons. The number of piperidine rings is 2. The average molecular weight is 417 g/mol. The van der Waals surface area contributed by atoms with Crippen LogP contribution in [0.3, 0.4) is 0 Å². The van der Waals surface area contributed by atoms with Gasteiger partial charge in [-0.2, -0.15) is 0 Å². The molecule has 1 saturated carbocycles. The second-order valence-corrected chi connectivity index (χ2v) is 8.08. The third kappa shape index (κ3) is 3.79. The maximum atomic E-state index is 13.9. The van der Waals surface area contributed by atoms with Crippen molar-refractivity contribution in [2.75, 3.05) is 26.2 Å². The Kier molecular flexibility index (Phi) is 6.05. The molecule has 3 aliphatic rings. The second-order valence-electron chi connectivity index (χ2n) is 8.08. The van der Waals surface area contributed by atoms with Gasteiger partial charge in [-0.25, -0.2) is 13.2 Å². The van der Waals surface area contributed by atoms with Crippen LogP contribution in [0.25, 0.3) is 0 Å². The number of likely N-dealkylation sites (tertiary alicyclic amines) is 1. The van der Waals surface area contributed by atoms with E-state index in [2.05, 4.69) is 5.32 Å². The van der Waals surface area contributed by atoms with Crippen LogP contribution in [0.1, 0.15) is 42.5 Å². The highest BCUT2D eigenvalue weighted by molar-refractivity contribution is 5.98. The first-order valence-electron chi connectivity index (χ1n) is 9.59. The van der Waals surface area contributed by atoms with Crippen LogP contribution in [0, 0.1) is 34.7 Å². The summed E-state index contributed by atoms with van der Waals surface area (Å²) in [4.78, 5) is 27.1. The van der Waals surface area contributed by atoms with Crippen LogP contribution in [-0.4, -0.2) is 42.8 Å². The summed E-state index contributed by atoms with van der Waals surface area (Å²) in [5, 5.41) is 3.32. The Hall–Kier alpha value is -1.60. The lowest BCUT2D eigenvalue weighted by molar-refractivity contribution is -0.134. The Bertz CT molecular complexity index is 752. The summed E-state index contributed by atoms with van der Waals surface area (Å²) in [5.74, 6) is -4.32. The number of hydrogen-bond acceptors (Lipinski definition) is 3. The molecule has 1 N–H and O–H groups in total. The standard InChI is InChI=1S/C20H23F3N2O2.ClH/c21-13-9-15(22)17(16(23)10-13)18(26)12-1-7-25(8-2-12)19(27)14-11-20(14)3-5-24-6-4-20;/h9-10,12,14,24H,1-8,11H2;1H. The van der Waals surface area contributed by atoms with E-state index < -0.39 is 34.7 Å². The highest BCUT2D eigenvalue weighted by Gasteiger charge is 2.58. The summed E-state index contributed by atoms with van der Waals surface area (Å²) in [6.45, 7) is 2.75. The molecular weight excluding hydrogens is 393 g/mol. The van der Waals surface area contributed by atoms with E-state index in [1.54, 1.807) is 4.90 Å². The van der Waals surface area contributed by atoms with Gasteiger partial charge in [-0.15, -0.1) is 12.4 Å². The van der Waals surface area contributed by atoms with Gasteiger partial charge in [-0.1, -0.05) is 0 Å². The van der Waals surface area contributed by atoms with Crippen molar-refractivity contribution in [3.8, 4) is 0 Å². The number of benzene rings is 1. The van der Waals surface area contributed by atoms with Crippen LogP contribution in [0.5, 0.6) is 0 Å². The predicted octanol–water partition coefficient (Wildman–Crippen LogP) is 3.34. The zero-order valence-electron chi connectivity index (χ0n) is 15.5. The lowest BCUT2D eigenvalue weighted by Crippen LogP contribution is -2.42. The van der Waals surface area contributed by atoms with Gasteiger partial charge in [-0.3, -0.25) is 9.59 Å². The molecule has 0 aromatic heterocycles. The van der Waals surface area contributed by atoms with E-state index in [1.807, 2.05) is 0 Å². The van der Waals surface area contributed by atoms with E-state index in [0.29, 0.717) is 38.1 Å². The molecule has 0 bridgehead atoms. The van der Waals surface area contributed by atoms with E-state index in [-0.39, 0.29) is 29.6 Å². The van der Waals surface area contributed by atoms with Crippen LogP contribution >= 0.6 is 12.4 Å². The van der Waals surface area contributed by atoms with Gasteiger partial charge in [0, 0.05) is 37.1 Å². The molecule has 4 nitrogen and oxygen atoms in total. The first kappa shape index (κ1) is 21.1. The number of nitrogens with zero attached hydrogens (tertiary/aromatic N) is 1. The normalized spacial score (nSPS) is 24.0. The number of rotatable bonds is 3. The molecule has 1 aromatic carbocycles. The first-order valence-corrected chi connectivity index (χ1v) is 9.59. The molecule has 154 valence electrons. The molecule has 1 spiro atoms. The van der Waals surface area contributed by atoms with Crippen molar-refractivity contribution < 1.29 is 22.8 Å². The molecule has 4 rings (SSSR count). The van der Waals surface area contributed by atoms with Crippen molar-refractivity contribution >= 4 is 24.1 Å². The second kappa shape index (κ2) is 8.03. The van der Waals surface area contributed by atoms with Gasteiger partial charge in [0.15, 0.2) is 5.78 Å². The summed E-state index contributed by atoms with van der Waals surface area (Å²) in [6.07, 6.45) is 3.76. The first-order chi connectivity index (χ1) is 12.9. The minimum Gasteiger partial charge on any atom is -0.342 e. The zero-order valence-corrected chi connectivity index (χ0v) is 16.3. The summed E-state index contributed by atoms with van der Waals surface area (Å²) < 4.78 is 40.8. The van der Waals surface area contributed by atoms with Crippen LogP contribution < -0.4 is 5.32 Å². The molecular formula is C20H24ClF3N2O2. The third-order valence-corrected chi connectivity index (χ3v) is 6.52. The van der Waals surface area contributed by atoms with E-state index >= 15 is 0 Å². The Morgan fingerprint density at radius 1 is 1.04 bits per heavy atom. The fourth-order valence-electron chi connectivity index (χ4n) is 4.74. The lowest BCUT2D eigenvalue weighted by atomic mass is 9.87. The Morgan fingerprint density at radius 3 is 2.18 bits per heavy atom.